The standard InChI is InChI=1S/C19H30O/c1-18-10-3-5-14(18)13-7-8-16-17(20)6-4-11-19(16,2)15(13)9-12-18/h13-15,20H,3-12H2,1-2H3/t13-,14-,15-,18-,19+/m0/s1. The molecule has 4 aliphatic carbocycles. The Bertz CT molecular complexity index is 451. The first kappa shape index (κ1) is 13.2. The molecule has 5 atom stereocenters. The van der Waals surface area contributed by atoms with Gasteiger partial charge in [0.15, 0.2) is 0 Å². The van der Waals surface area contributed by atoms with Crippen molar-refractivity contribution in [3.63, 3.8) is 0 Å². The van der Waals surface area contributed by atoms with Crippen molar-refractivity contribution >= 4 is 0 Å². The third kappa shape index (κ3) is 1.61. The van der Waals surface area contributed by atoms with Crippen molar-refractivity contribution in [2.75, 3.05) is 0 Å². The molecule has 0 radical (unpaired) electrons. The van der Waals surface area contributed by atoms with Gasteiger partial charge in [0.05, 0.1) is 5.76 Å². The maximum absolute atomic E-state index is 10.4. The minimum absolute atomic E-state index is 0.342. The van der Waals surface area contributed by atoms with Crippen LogP contribution >= 0.6 is 0 Å². The normalized spacial score (nSPS) is 51.4. The second kappa shape index (κ2) is 4.27. The van der Waals surface area contributed by atoms with Gasteiger partial charge in [0.1, 0.15) is 0 Å². The van der Waals surface area contributed by atoms with Gasteiger partial charge in [0.2, 0.25) is 0 Å². The van der Waals surface area contributed by atoms with Gasteiger partial charge in [-0.3, -0.25) is 0 Å². The zero-order valence-electron chi connectivity index (χ0n) is 13.3. The topological polar surface area (TPSA) is 20.2 Å². The molecular formula is C19H30O. The van der Waals surface area contributed by atoms with Crippen molar-refractivity contribution in [2.24, 2.45) is 28.6 Å². The molecule has 0 heterocycles. The lowest BCUT2D eigenvalue weighted by atomic mass is 9.47. The molecule has 112 valence electrons. The van der Waals surface area contributed by atoms with E-state index in [0.717, 1.165) is 29.9 Å². The molecule has 0 amide bonds. The summed E-state index contributed by atoms with van der Waals surface area (Å²) in [4.78, 5) is 0. The number of fused-ring (bicyclic) bond motifs is 5. The number of aliphatic hydroxyl groups excluding tert-OH is 1. The molecule has 0 unspecified atom stereocenters. The highest BCUT2D eigenvalue weighted by Crippen LogP contribution is 2.65. The van der Waals surface area contributed by atoms with Crippen LogP contribution in [0.1, 0.15) is 78.1 Å². The molecule has 0 bridgehead atoms. The van der Waals surface area contributed by atoms with Gasteiger partial charge in [-0.05, 0) is 85.5 Å². The van der Waals surface area contributed by atoms with Crippen molar-refractivity contribution in [3.05, 3.63) is 11.3 Å². The maximum Gasteiger partial charge on any atom is 0.0920 e. The van der Waals surface area contributed by atoms with Crippen molar-refractivity contribution in [1.82, 2.24) is 0 Å². The van der Waals surface area contributed by atoms with Crippen LogP contribution in [0.15, 0.2) is 11.3 Å². The van der Waals surface area contributed by atoms with E-state index in [4.69, 9.17) is 0 Å². The van der Waals surface area contributed by atoms with Gasteiger partial charge >= 0.3 is 0 Å². The largest absolute Gasteiger partial charge is 0.512 e. The predicted molar refractivity (Wildman–Crippen MR) is 82.5 cm³/mol. The molecule has 0 aromatic carbocycles. The molecule has 20 heavy (non-hydrogen) atoms. The first-order valence-electron chi connectivity index (χ1n) is 8.96. The van der Waals surface area contributed by atoms with E-state index in [0.29, 0.717) is 10.8 Å². The Balaban J connectivity index is 1.71. The van der Waals surface area contributed by atoms with Crippen LogP contribution in [0.2, 0.25) is 0 Å². The van der Waals surface area contributed by atoms with Crippen LogP contribution in [0.25, 0.3) is 0 Å². The average Bonchev–Trinajstić information content (AvgIpc) is 2.80. The molecule has 3 fully saturated rings. The van der Waals surface area contributed by atoms with E-state index in [-0.39, 0.29) is 0 Å². The van der Waals surface area contributed by atoms with Gasteiger partial charge in [-0.15, -0.1) is 0 Å². The SMILES string of the molecule is C[C@@]12CCC[C@H]1[C@@H]1CCC3=C(O)CCC[C@]3(C)[C@H]1CC2. The summed E-state index contributed by atoms with van der Waals surface area (Å²) in [5, 5.41) is 10.4. The number of allylic oxidation sites excluding steroid dienone is 2. The average molecular weight is 274 g/mol. The van der Waals surface area contributed by atoms with Crippen LogP contribution in [-0.4, -0.2) is 5.11 Å². The second-order valence-electron chi connectivity index (χ2n) is 8.70. The fraction of sp³-hybridized carbons (Fsp3) is 0.895. The quantitative estimate of drug-likeness (QED) is 0.608. The van der Waals surface area contributed by atoms with Crippen LogP contribution in [0.3, 0.4) is 0 Å². The van der Waals surface area contributed by atoms with Crippen LogP contribution in [-0.2, 0) is 0 Å². The van der Waals surface area contributed by atoms with E-state index >= 15 is 0 Å². The Morgan fingerprint density at radius 3 is 2.60 bits per heavy atom. The summed E-state index contributed by atoms with van der Waals surface area (Å²) in [6.45, 7) is 5.07. The monoisotopic (exact) mass is 274 g/mol. The first-order chi connectivity index (χ1) is 9.55. The smallest absolute Gasteiger partial charge is 0.0920 e. The zero-order chi connectivity index (χ0) is 14.0. The Morgan fingerprint density at radius 1 is 0.900 bits per heavy atom. The summed E-state index contributed by atoms with van der Waals surface area (Å²) in [6, 6.07) is 0. The lowest BCUT2D eigenvalue weighted by Gasteiger charge is -2.57. The Hall–Kier alpha value is -0.460. The highest BCUT2D eigenvalue weighted by molar-refractivity contribution is 5.26. The summed E-state index contributed by atoms with van der Waals surface area (Å²) >= 11 is 0. The van der Waals surface area contributed by atoms with Crippen LogP contribution in [0, 0.1) is 28.6 Å². The van der Waals surface area contributed by atoms with Crippen molar-refractivity contribution < 1.29 is 5.11 Å². The summed E-state index contributed by atoms with van der Waals surface area (Å²) in [7, 11) is 0. The molecule has 1 heteroatoms. The Kier molecular flexibility index (Phi) is 2.82. The van der Waals surface area contributed by atoms with Gasteiger partial charge in [-0.1, -0.05) is 20.3 Å². The molecule has 3 saturated carbocycles. The maximum atomic E-state index is 10.4. The highest BCUT2D eigenvalue weighted by Gasteiger charge is 2.56. The molecular weight excluding hydrogens is 244 g/mol. The summed E-state index contributed by atoms with van der Waals surface area (Å²) in [5.74, 6) is 3.58. The lowest BCUT2D eigenvalue weighted by Crippen LogP contribution is -2.49. The van der Waals surface area contributed by atoms with Gasteiger partial charge in [-0.25, -0.2) is 0 Å². The number of aliphatic hydroxyl groups is 1. The second-order valence-corrected chi connectivity index (χ2v) is 8.70. The molecule has 1 nitrogen and oxygen atoms in total. The number of hydrogen-bond donors (Lipinski definition) is 1. The van der Waals surface area contributed by atoms with Gasteiger partial charge in [-0.2, -0.15) is 0 Å². The van der Waals surface area contributed by atoms with Crippen molar-refractivity contribution in [2.45, 2.75) is 78.1 Å². The Morgan fingerprint density at radius 2 is 1.75 bits per heavy atom. The van der Waals surface area contributed by atoms with Crippen molar-refractivity contribution in [1.29, 1.82) is 0 Å². The van der Waals surface area contributed by atoms with E-state index in [9.17, 15) is 5.11 Å². The van der Waals surface area contributed by atoms with Crippen LogP contribution in [0.5, 0.6) is 0 Å². The van der Waals surface area contributed by atoms with Crippen LogP contribution < -0.4 is 0 Å². The zero-order valence-corrected chi connectivity index (χ0v) is 13.3. The van der Waals surface area contributed by atoms with Gasteiger partial charge in [0.25, 0.3) is 0 Å². The minimum atomic E-state index is 0.342. The van der Waals surface area contributed by atoms with E-state index < -0.39 is 0 Å². The summed E-state index contributed by atoms with van der Waals surface area (Å²) < 4.78 is 0. The molecule has 4 rings (SSSR count). The highest BCUT2D eigenvalue weighted by atomic mass is 16.3. The summed E-state index contributed by atoms with van der Waals surface area (Å²) in [5.41, 5.74) is 2.47. The van der Waals surface area contributed by atoms with Gasteiger partial charge in [0, 0.05) is 6.42 Å². The van der Waals surface area contributed by atoms with E-state index in [2.05, 4.69) is 13.8 Å². The van der Waals surface area contributed by atoms with E-state index in [1.165, 1.54) is 63.4 Å². The van der Waals surface area contributed by atoms with E-state index in [1.54, 1.807) is 0 Å². The van der Waals surface area contributed by atoms with Gasteiger partial charge < -0.3 is 5.11 Å². The van der Waals surface area contributed by atoms with Crippen molar-refractivity contribution in [3.8, 4) is 0 Å². The molecule has 0 aromatic rings. The Labute approximate surface area is 123 Å². The molecule has 1 N–H and O–H groups in total. The molecule has 0 aliphatic heterocycles. The minimum Gasteiger partial charge on any atom is -0.512 e. The fourth-order valence-corrected chi connectivity index (χ4v) is 6.88. The molecule has 4 aliphatic rings. The number of hydrogen-bond acceptors (Lipinski definition) is 1. The third-order valence-corrected chi connectivity index (χ3v) is 7.91. The number of rotatable bonds is 0. The predicted octanol–water partition coefficient (Wildman–Crippen LogP) is 5.62. The van der Waals surface area contributed by atoms with Crippen LogP contribution in [0.4, 0.5) is 0 Å². The lowest BCUT2D eigenvalue weighted by molar-refractivity contribution is -0.0396. The molecule has 0 aromatic heterocycles. The summed E-state index contributed by atoms with van der Waals surface area (Å²) in [6.07, 6.45) is 13.3. The fourth-order valence-electron chi connectivity index (χ4n) is 6.88. The molecule has 0 saturated heterocycles. The third-order valence-electron chi connectivity index (χ3n) is 7.91. The van der Waals surface area contributed by atoms with E-state index in [1.807, 2.05) is 0 Å². The first-order valence-corrected chi connectivity index (χ1v) is 8.96. The molecule has 0 spiro atoms.